The summed E-state index contributed by atoms with van der Waals surface area (Å²) in [7, 11) is 0. The van der Waals surface area contributed by atoms with Crippen molar-refractivity contribution in [2.75, 3.05) is 26.2 Å². The smallest absolute Gasteiger partial charge is 0.325 e. The van der Waals surface area contributed by atoms with Crippen LogP contribution in [-0.2, 0) is 14.3 Å². The Labute approximate surface area is 150 Å². The molecule has 8 heteroatoms. The van der Waals surface area contributed by atoms with Crippen molar-refractivity contribution in [2.24, 2.45) is 0 Å². The Balaban J connectivity index is 1.74. The number of amides is 2. The second-order valence-electron chi connectivity index (χ2n) is 6.12. The quantitative estimate of drug-likeness (QED) is 0.807. The van der Waals surface area contributed by atoms with Crippen LogP contribution in [0.1, 0.15) is 42.5 Å². The van der Waals surface area contributed by atoms with E-state index in [1.54, 1.807) is 4.90 Å². The van der Waals surface area contributed by atoms with Crippen molar-refractivity contribution >= 4 is 17.8 Å². The number of benzene rings is 1. The first-order valence-corrected chi connectivity index (χ1v) is 8.64. The number of nitrogens with zero attached hydrogens (tertiary/aromatic N) is 1. The van der Waals surface area contributed by atoms with Crippen LogP contribution in [0.25, 0.3) is 0 Å². The monoisotopic (exact) mass is 368 g/mol. The van der Waals surface area contributed by atoms with Crippen molar-refractivity contribution in [3.8, 4) is 0 Å². The van der Waals surface area contributed by atoms with Gasteiger partial charge in [0.2, 0.25) is 0 Å². The number of carbonyl (C=O) groups is 3. The Morgan fingerprint density at radius 3 is 2.35 bits per heavy atom. The van der Waals surface area contributed by atoms with Crippen LogP contribution in [0.5, 0.6) is 0 Å². The first kappa shape index (κ1) is 19.8. The molecule has 0 unspecified atom stereocenters. The minimum atomic E-state index is -1.02. The second kappa shape index (κ2) is 9.84. The second-order valence-corrected chi connectivity index (χ2v) is 6.12. The van der Waals surface area contributed by atoms with Crippen molar-refractivity contribution in [1.82, 2.24) is 10.2 Å². The van der Waals surface area contributed by atoms with Gasteiger partial charge in [-0.05, 0) is 25.0 Å². The maximum atomic E-state index is 13.5. The molecule has 0 aromatic heterocycles. The third kappa shape index (κ3) is 6.09. The summed E-state index contributed by atoms with van der Waals surface area (Å²) in [6.45, 7) is 0.399. The summed E-state index contributed by atoms with van der Waals surface area (Å²) < 4.78 is 31.2. The molecule has 1 heterocycles. The number of carbonyl (C=O) groups excluding carboxylic acids is 3. The van der Waals surface area contributed by atoms with Crippen LogP contribution in [0.2, 0.25) is 0 Å². The molecule has 1 aliphatic heterocycles. The zero-order chi connectivity index (χ0) is 18.9. The van der Waals surface area contributed by atoms with Gasteiger partial charge >= 0.3 is 5.97 Å². The minimum Gasteiger partial charge on any atom is -0.454 e. The first-order valence-electron chi connectivity index (χ1n) is 8.64. The fraction of sp³-hybridized carbons (Fsp3) is 0.500. The molecule has 1 fully saturated rings. The zero-order valence-corrected chi connectivity index (χ0v) is 14.4. The van der Waals surface area contributed by atoms with E-state index in [-0.39, 0.29) is 18.1 Å². The van der Waals surface area contributed by atoms with Crippen molar-refractivity contribution in [2.45, 2.75) is 32.1 Å². The predicted octanol–water partition coefficient (Wildman–Crippen LogP) is 2.03. The topological polar surface area (TPSA) is 75.7 Å². The molecule has 0 spiro atoms. The van der Waals surface area contributed by atoms with Crippen LogP contribution in [0.3, 0.4) is 0 Å². The lowest BCUT2D eigenvalue weighted by Crippen LogP contribution is -2.38. The summed E-state index contributed by atoms with van der Waals surface area (Å²) in [4.78, 5) is 37.2. The molecule has 1 aromatic carbocycles. The Hall–Kier alpha value is -2.51. The molecule has 142 valence electrons. The van der Waals surface area contributed by atoms with Crippen LogP contribution in [0, 0.1) is 11.6 Å². The number of likely N-dealkylation sites (tertiary alicyclic amines) is 1. The summed E-state index contributed by atoms with van der Waals surface area (Å²) in [5.74, 6) is -3.77. The fourth-order valence-corrected chi connectivity index (χ4v) is 2.70. The fourth-order valence-electron chi connectivity index (χ4n) is 2.70. The van der Waals surface area contributed by atoms with Crippen molar-refractivity contribution in [3.05, 3.63) is 35.4 Å². The van der Waals surface area contributed by atoms with E-state index < -0.39 is 30.1 Å². The van der Waals surface area contributed by atoms with Crippen molar-refractivity contribution in [3.63, 3.8) is 0 Å². The lowest BCUT2D eigenvalue weighted by molar-refractivity contribution is -0.151. The summed E-state index contributed by atoms with van der Waals surface area (Å²) in [5, 5.41) is 2.18. The van der Waals surface area contributed by atoms with Crippen LogP contribution < -0.4 is 5.32 Å². The third-order valence-electron chi connectivity index (χ3n) is 4.13. The van der Waals surface area contributed by atoms with Gasteiger partial charge in [0.05, 0.1) is 5.56 Å². The van der Waals surface area contributed by atoms with E-state index in [4.69, 9.17) is 4.74 Å². The van der Waals surface area contributed by atoms with Gasteiger partial charge in [0.15, 0.2) is 6.61 Å². The molecule has 26 heavy (non-hydrogen) atoms. The summed E-state index contributed by atoms with van der Waals surface area (Å²) >= 11 is 0. The highest BCUT2D eigenvalue weighted by Crippen LogP contribution is 2.11. The third-order valence-corrected chi connectivity index (χ3v) is 4.13. The highest BCUT2D eigenvalue weighted by atomic mass is 19.1. The molecule has 0 aliphatic carbocycles. The van der Waals surface area contributed by atoms with Gasteiger partial charge < -0.3 is 15.0 Å². The van der Waals surface area contributed by atoms with Gasteiger partial charge in [0.25, 0.3) is 11.8 Å². The molecule has 0 radical (unpaired) electrons. The Kier molecular flexibility index (Phi) is 7.50. The van der Waals surface area contributed by atoms with Gasteiger partial charge in [-0.2, -0.15) is 0 Å². The average molecular weight is 368 g/mol. The molecule has 6 nitrogen and oxygen atoms in total. The Morgan fingerprint density at radius 1 is 1.04 bits per heavy atom. The highest BCUT2D eigenvalue weighted by Gasteiger charge is 2.18. The van der Waals surface area contributed by atoms with Gasteiger partial charge in [-0.15, -0.1) is 0 Å². The maximum Gasteiger partial charge on any atom is 0.325 e. The molecule has 0 bridgehead atoms. The zero-order valence-electron chi connectivity index (χ0n) is 14.4. The number of hydrogen-bond acceptors (Lipinski definition) is 4. The van der Waals surface area contributed by atoms with Crippen molar-refractivity contribution < 1.29 is 27.9 Å². The Morgan fingerprint density at radius 2 is 1.69 bits per heavy atom. The molecule has 1 saturated heterocycles. The lowest BCUT2D eigenvalue weighted by Gasteiger charge is -2.24. The minimum absolute atomic E-state index is 0.267. The van der Waals surface area contributed by atoms with Gasteiger partial charge in [0.1, 0.15) is 18.2 Å². The molecule has 0 saturated carbocycles. The molecular weight excluding hydrogens is 346 g/mol. The summed E-state index contributed by atoms with van der Waals surface area (Å²) in [6, 6.07) is 2.50. The van der Waals surface area contributed by atoms with Crippen LogP contribution >= 0.6 is 0 Å². The van der Waals surface area contributed by atoms with E-state index >= 15 is 0 Å². The van der Waals surface area contributed by atoms with E-state index in [0.29, 0.717) is 19.2 Å². The molecule has 0 atom stereocenters. The van der Waals surface area contributed by atoms with E-state index in [9.17, 15) is 23.2 Å². The molecule has 1 aromatic rings. The SMILES string of the molecule is O=C(CNC(=O)c1ccc(F)cc1F)OCC(=O)N1CCCCCCC1. The molecule has 2 rings (SSSR count). The number of esters is 1. The van der Waals surface area contributed by atoms with Crippen LogP contribution in [0.4, 0.5) is 8.78 Å². The largest absolute Gasteiger partial charge is 0.454 e. The van der Waals surface area contributed by atoms with Crippen LogP contribution in [-0.4, -0.2) is 48.9 Å². The lowest BCUT2D eigenvalue weighted by atomic mass is 10.1. The normalized spacial score (nSPS) is 14.9. The number of nitrogens with one attached hydrogen (secondary N) is 1. The number of halogens is 2. The number of ether oxygens (including phenoxy) is 1. The van der Waals surface area contributed by atoms with Gasteiger partial charge in [0, 0.05) is 19.2 Å². The average Bonchev–Trinajstić information content (AvgIpc) is 2.57. The molecule has 2 amide bonds. The predicted molar refractivity (Wildman–Crippen MR) is 89.3 cm³/mol. The molecular formula is C18H22F2N2O4. The maximum absolute atomic E-state index is 13.5. The van der Waals surface area contributed by atoms with Gasteiger partial charge in [-0.1, -0.05) is 19.3 Å². The van der Waals surface area contributed by atoms with E-state index in [0.717, 1.165) is 37.8 Å². The number of hydrogen-bond donors (Lipinski definition) is 1. The van der Waals surface area contributed by atoms with E-state index in [1.165, 1.54) is 6.42 Å². The summed E-state index contributed by atoms with van der Waals surface area (Å²) in [5.41, 5.74) is -0.379. The number of rotatable bonds is 5. The van der Waals surface area contributed by atoms with E-state index in [1.807, 2.05) is 0 Å². The van der Waals surface area contributed by atoms with E-state index in [2.05, 4.69) is 5.32 Å². The standard InChI is InChI=1S/C18H22F2N2O4/c19-13-6-7-14(15(20)10-13)18(25)21-11-17(24)26-12-16(23)22-8-4-2-1-3-5-9-22/h6-7,10H,1-5,8-9,11-12H2,(H,21,25). The highest BCUT2D eigenvalue weighted by molar-refractivity contribution is 5.96. The van der Waals surface area contributed by atoms with Crippen LogP contribution in [0.15, 0.2) is 18.2 Å². The van der Waals surface area contributed by atoms with Gasteiger partial charge in [-0.25, -0.2) is 8.78 Å². The van der Waals surface area contributed by atoms with Gasteiger partial charge in [-0.3, -0.25) is 14.4 Å². The first-order chi connectivity index (χ1) is 12.5. The molecule has 1 aliphatic rings. The Bertz CT molecular complexity index is 659. The molecule has 1 N–H and O–H groups in total. The van der Waals surface area contributed by atoms with Crippen molar-refractivity contribution in [1.29, 1.82) is 0 Å². The summed E-state index contributed by atoms with van der Waals surface area (Å²) in [6.07, 6.45) is 5.19.